The zero-order valence-electron chi connectivity index (χ0n) is 7.82. The summed E-state index contributed by atoms with van der Waals surface area (Å²) in [7, 11) is 1.24. The van der Waals surface area contributed by atoms with Gasteiger partial charge in [0.2, 0.25) is 0 Å². The van der Waals surface area contributed by atoms with Crippen LogP contribution in [0, 0.1) is 0 Å². The van der Waals surface area contributed by atoms with Crippen LogP contribution in [-0.4, -0.2) is 30.2 Å². The summed E-state index contributed by atoms with van der Waals surface area (Å²) < 4.78 is 4.47. The number of hydrogen-bond donors (Lipinski definition) is 2. The Balaban J connectivity index is 4.40. The van der Waals surface area contributed by atoms with E-state index in [4.69, 9.17) is 11.6 Å². The maximum atomic E-state index is 11.1. The molecule has 0 aliphatic rings. The Morgan fingerprint density at radius 2 is 2.08 bits per heavy atom. The van der Waals surface area contributed by atoms with Crippen LogP contribution >= 0.6 is 0 Å². The first-order valence-electron chi connectivity index (χ1n) is 3.95. The van der Waals surface area contributed by atoms with Gasteiger partial charge in [0.25, 0.3) is 0 Å². The number of nitrogens with two attached hydrogens (primary N) is 2. The lowest BCUT2D eigenvalue weighted by Gasteiger charge is -2.22. The molecule has 1 atom stereocenters. The van der Waals surface area contributed by atoms with E-state index in [1.807, 2.05) is 6.92 Å². The highest BCUT2D eigenvalue weighted by atomic mass is 16.5. The highest BCUT2D eigenvalue weighted by Gasteiger charge is 2.26. The number of ether oxygens (including phenoxy) is 1. The highest BCUT2D eigenvalue weighted by Crippen LogP contribution is 2.04. The fraction of sp³-hybridized carbons (Fsp3) is 0.714. The number of carbonyl (C=O) groups excluding carboxylic acids is 2. The van der Waals surface area contributed by atoms with E-state index in [0.29, 0.717) is 17.9 Å². The molecular formula is C7H15N3O3. The zero-order valence-corrected chi connectivity index (χ0v) is 7.82. The van der Waals surface area contributed by atoms with Crippen LogP contribution in [0.3, 0.4) is 0 Å². The fourth-order valence-electron chi connectivity index (χ4n) is 0.934. The second-order valence-electron chi connectivity index (χ2n) is 2.57. The molecule has 0 rings (SSSR count). The largest absolute Gasteiger partial charge is 0.467 e. The average molecular weight is 189 g/mol. The van der Waals surface area contributed by atoms with Gasteiger partial charge in [0.05, 0.1) is 7.11 Å². The third-order valence-corrected chi connectivity index (χ3v) is 1.63. The summed E-state index contributed by atoms with van der Waals surface area (Å²) in [5.41, 5.74) is 4.91. The predicted molar refractivity (Wildman–Crippen MR) is 46.3 cm³/mol. The minimum atomic E-state index is -0.844. The van der Waals surface area contributed by atoms with E-state index in [0.717, 1.165) is 0 Å². The first-order chi connectivity index (χ1) is 6.04. The summed E-state index contributed by atoms with van der Waals surface area (Å²) in [6.07, 6.45) is 1.15. The smallest absolute Gasteiger partial charge is 0.330 e. The zero-order chi connectivity index (χ0) is 10.4. The summed E-state index contributed by atoms with van der Waals surface area (Å²) >= 11 is 0. The van der Waals surface area contributed by atoms with Gasteiger partial charge in [-0.15, -0.1) is 0 Å². The average Bonchev–Trinajstić information content (AvgIpc) is 2.11. The van der Waals surface area contributed by atoms with E-state index < -0.39 is 18.0 Å². The van der Waals surface area contributed by atoms with Gasteiger partial charge >= 0.3 is 12.0 Å². The van der Waals surface area contributed by atoms with Gasteiger partial charge in [-0.3, -0.25) is 0 Å². The second kappa shape index (κ2) is 5.36. The van der Waals surface area contributed by atoms with Gasteiger partial charge < -0.3 is 10.5 Å². The Kier molecular flexibility index (Phi) is 4.83. The van der Waals surface area contributed by atoms with Crippen LogP contribution < -0.4 is 11.6 Å². The molecule has 0 saturated heterocycles. The van der Waals surface area contributed by atoms with E-state index in [1.165, 1.54) is 7.11 Å². The Hall–Kier alpha value is -1.30. The van der Waals surface area contributed by atoms with Crippen molar-refractivity contribution in [2.45, 2.75) is 25.8 Å². The molecule has 13 heavy (non-hydrogen) atoms. The number of methoxy groups -OCH3 is 1. The molecule has 0 unspecified atom stereocenters. The molecule has 0 aliphatic heterocycles. The van der Waals surface area contributed by atoms with Crippen LogP contribution in [0.1, 0.15) is 19.8 Å². The lowest BCUT2D eigenvalue weighted by atomic mass is 10.1. The number of hydrazine groups is 1. The van der Waals surface area contributed by atoms with Gasteiger partial charge in [-0.05, 0) is 6.42 Å². The van der Waals surface area contributed by atoms with Crippen molar-refractivity contribution >= 4 is 12.0 Å². The van der Waals surface area contributed by atoms with Crippen molar-refractivity contribution < 1.29 is 14.3 Å². The van der Waals surface area contributed by atoms with E-state index >= 15 is 0 Å². The number of urea groups is 1. The van der Waals surface area contributed by atoms with Crippen molar-refractivity contribution in [3.63, 3.8) is 0 Å². The molecule has 0 radical (unpaired) electrons. The number of nitrogens with zero attached hydrogens (tertiary/aromatic N) is 1. The van der Waals surface area contributed by atoms with Crippen LogP contribution in [0.5, 0.6) is 0 Å². The Labute approximate surface area is 76.8 Å². The molecule has 0 heterocycles. The lowest BCUT2D eigenvalue weighted by Crippen LogP contribution is -2.52. The summed E-state index contributed by atoms with van der Waals surface area (Å²) in [6.45, 7) is 1.87. The van der Waals surface area contributed by atoms with Crippen LogP contribution in [0.25, 0.3) is 0 Å². The molecule has 76 valence electrons. The first kappa shape index (κ1) is 11.7. The van der Waals surface area contributed by atoms with Crippen molar-refractivity contribution in [2.75, 3.05) is 7.11 Å². The minimum absolute atomic E-state index is 0.437. The van der Waals surface area contributed by atoms with Gasteiger partial charge in [-0.1, -0.05) is 13.3 Å². The topological polar surface area (TPSA) is 98.7 Å². The van der Waals surface area contributed by atoms with Gasteiger partial charge in [0, 0.05) is 0 Å². The third-order valence-electron chi connectivity index (χ3n) is 1.63. The van der Waals surface area contributed by atoms with Gasteiger partial charge in [0.1, 0.15) is 6.04 Å². The van der Waals surface area contributed by atoms with Crippen molar-refractivity contribution in [2.24, 2.45) is 11.6 Å². The molecule has 0 fully saturated rings. The van der Waals surface area contributed by atoms with Crippen LogP contribution in [-0.2, 0) is 9.53 Å². The molecule has 0 aromatic rings. The predicted octanol–water partition coefficient (Wildman–Crippen LogP) is -0.417. The van der Waals surface area contributed by atoms with Crippen molar-refractivity contribution in [3.05, 3.63) is 0 Å². The molecule has 0 saturated carbocycles. The Bertz CT molecular complexity index is 195. The molecule has 0 aromatic heterocycles. The van der Waals surface area contributed by atoms with E-state index in [2.05, 4.69) is 4.74 Å². The molecule has 6 heteroatoms. The van der Waals surface area contributed by atoms with Crippen molar-refractivity contribution in [3.8, 4) is 0 Å². The Morgan fingerprint density at radius 1 is 1.54 bits per heavy atom. The van der Waals surface area contributed by atoms with E-state index in [-0.39, 0.29) is 0 Å². The molecule has 2 amide bonds. The minimum Gasteiger partial charge on any atom is -0.467 e. The summed E-state index contributed by atoms with van der Waals surface area (Å²) in [4.78, 5) is 21.7. The number of primary amides is 1. The van der Waals surface area contributed by atoms with Crippen LogP contribution in [0.4, 0.5) is 4.79 Å². The third kappa shape index (κ3) is 3.29. The summed E-state index contributed by atoms with van der Waals surface area (Å²) in [5.74, 6) is 4.73. The highest BCUT2D eigenvalue weighted by molar-refractivity contribution is 5.82. The SMILES string of the molecule is CCC[C@@H](C(=O)OC)N(N)C(N)=O. The fourth-order valence-corrected chi connectivity index (χ4v) is 0.934. The molecule has 0 aliphatic carbocycles. The van der Waals surface area contributed by atoms with Crippen LogP contribution in [0.2, 0.25) is 0 Å². The van der Waals surface area contributed by atoms with E-state index in [9.17, 15) is 9.59 Å². The maximum Gasteiger partial charge on any atom is 0.330 e. The van der Waals surface area contributed by atoms with E-state index in [1.54, 1.807) is 0 Å². The number of hydrogen-bond acceptors (Lipinski definition) is 4. The number of esters is 1. The lowest BCUT2D eigenvalue weighted by molar-refractivity contribution is -0.146. The number of carbonyl (C=O) groups is 2. The normalized spacial score (nSPS) is 11.9. The van der Waals surface area contributed by atoms with Crippen molar-refractivity contribution in [1.29, 1.82) is 0 Å². The molecular weight excluding hydrogens is 174 g/mol. The van der Waals surface area contributed by atoms with Gasteiger partial charge in [-0.2, -0.15) is 0 Å². The second-order valence-corrected chi connectivity index (χ2v) is 2.57. The summed E-state index contributed by atoms with van der Waals surface area (Å²) in [6, 6.07) is -1.63. The quantitative estimate of drug-likeness (QED) is 0.271. The monoisotopic (exact) mass is 189 g/mol. The standard InChI is InChI=1S/C7H15N3O3/c1-3-4-5(6(11)13-2)10(9)7(8)12/h5H,3-4,9H2,1-2H3,(H2,8,12)/t5-/m0/s1. The summed E-state index contributed by atoms with van der Waals surface area (Å²) in [5, 5.41) is 0.690. The van der Waals surface area contributed by atoms with Crippen LogP contribution in [0.15, 0.2) is 0 Å². The molecule has 0 aromatic carbocycles. The van der Waals surface area contributed by atoms with Gasteiger partial charge in [0.15, 0.2) is 0 Å². The number of amides is 2. The van der Waals surface area contributed by atoms with Gasteiger partial charge in [-0.25, -0.2) is 20.4 Å². The number of rotatable bonds is 4. The molecule has 0 spiro atoms. The van der Waals surface area contributed by atoms with Crippen molar-refractivity contribution in [1.82, 2.24) is 5.01 Å². The maximum absolute atomic E-state index is 11.1. The molecule has 4 N–H and O–H groups in total. The molecule has 0 bridgehead atoms. The first-order valence-corrected chi connectivity index (χ1v) is 3.95. The molecule has 6 nitrogen and oxygen atoms in total. The Morgan fingerprint density at radius 3 is 2.38 bits per heavy atom.